The fourth-order valence-electron chi connectivity index (χ4n) is 3.43. The first kappa shape index (κ1) is 11.9. The molecular weight excluding hydrogens is 272 g/mol. The fraction of sp³-hybridized carbons (Fsp3) is 0.100. The molecule has 1 heterocycles. The van der Waals surface area contributed by atoms with E-state index in [1.807, 2.05) is 24.3 Å². The van der Waals surface area contributed by atoms with Crippen LogP contribution < -0.4 is 9.47 Å². The Labute approximate surface area is 128 Å². The van der Waals surface area contributed by atoms with Crippen molar-refractivity contribution in [1.82, 2.24) is 0 Å². The van der Waals surface area contributed by atoms with Gasteiger partial charge in [-0.2, -0.15) is 0 Å². The largest absolute Gasteiger partial charge is 0.447 e. The monoisotopic (exact) mass is 286 g/mol. The van der Waals surface area contributed by atoms with E-state index in [1.54, 1.807) is 0 Å². The van der Waals surface area contributed by atoms with E-state index in [1.165, 1.54) is 22.3 Å². The van der Waals surface area contributed by atoms with Crippen molar-refractivity contribution in [3.8, 4) is 22.6 Å². The summed E-state index contributed by atoms with van der Waals surface area (Å²) in [5, 5.41) is 0. The summed E-state index contributed by atoms with van der Waals surface area (Å²) in [7, 11) is 0. The van der Waals surface area contributed by atoms with E-state index in [-0.39, 0.29) is 6.29 Å². The third-order valence-corrected chi connectivity index (χ3v) is 4.46. The molecule has 22 heavy (non-hydrogen) atoms. The number of benzene rings is 3. The maximum atomic E-state index is 5.99. The van der Waals surface area contributed by atoms with E-state index < -0.39 is 0 Å². The first-order valence-corrected chi connectivity index (χ1v) is 7.52. The van der Waals surface area contributed by atoms with Gasteiger partial charge in [-0.1, -0.05) is 54.6 Å². The predicted octanol–water partition coefficient (Wildman–Crippen LogP) is 4.73. The molecule has 0 atom stereocenters. The number of para-hydroxylation sites is 2. The molecule has 0 radical (unpaired) electrons. The van der Waals surface area contributed by atoms with Gasteiger partial charge in [-0.3, -0.25) is 0 Å². The first-order chi connectivity index (χ1) is 10.9. The number of fused-ring (bicyclic) bond motifs is 4. The van der Waals surface area contributed by atoms with Crippen molar-refractivity contribution in [1.29, 1.82) is 0 Å². The Morgan fingerprint density at radius 2 is 1.36 bits per heavy atom. The Hall–Kier alpha value is -2.74. The molecule has 1 aliphatic heterocycles. The molecular formula is C20H14O2. The third-order valence-electron chi connectivity index (χ3n) is 4.46. The summed E-state index contributed by atoms with van der Waals surface area (Å²) in [6, 6.07) is 22.8. The van der Waals surface area contributed by atoms with Crippen molar-refractivity contribution in [2.45, 2.75) is 12.7 Å². The van der Waals surface area contributed by atoms with E-state index in [0.717, 1.165) is 23.5 Å². The van der Waals surface area contributed by atoms with Crippen LogP contribution in [0.5, 0.6) is 11.5 Å². The molecule has 0 saturated heterocycles. The van der Waals surface area contributed by atoms with Gasteiger partial charge >= 0.3 is 0 Å². The fourth-order valence-corrected chi connectivity index (χ4v) is 3.43. The molecule has 0 fully saturated rings. The molecule has 0 N–H and O–H groups in total. The van der Waals surface area contributed by atoms with Gasteiger partial charge in [0.2, 0.25) is 0 Å². The van der Waals surface area contributed by atoms with Crippen molar-refractivity contribution >= 4 is 0 Å². The Kier molecular flexibility index (Phi) is 2.36. The zero-order valence-corrected chi connectivity index (χ0v) is 12.0. The Balaban J connectivity index is 1.59. The third kappa shape index (κ3) is 1.61. The summed E-state index contributed by atoms with van der Waals surface area (Å²) in [6.45, 7) is 0. The average molecular weight is 286 g/mol. The first-order valence-electron chi connectivity index (χ1n) is 7.52. The molecule has 0 bridgehead atoms. The quantitative estimate of drug-likeness (QED) is 0.503. The highest BCUT2D eigenvalue weighted by Crippen LogP contribution is 2.45. The molecule has 3 aromatic rings. The zero-order chi connectivity index (χ0) is 14.5. The van der Waals surface area contributed by atoms with E-state index in [2.05, 4.69) is 42.5 Å². The minimum atomic E-state index is -0.346. The summed E-state index contributed by atoms with van der Waals surface area (Å²) < 4.78 is 12.0. The lowest BCUT2D eigenvalue weighted by molar-refractivity contribution is 0.0481. The summed E-state index contributed by atoms with van der Waals surface area (Å²) >= 11 is 0. The SMILES string of the molecule is c1ccc2c(c1)Cc1c-2cccc1C1Oc2ccccc2O1. The van der Waals surface area contributed by atoms with E-state index in [4.69, 9.17) is 9.47 Å². The van der Waals surface area contributed by atoms with Gasteiger partial charge < -0.3 is 9.47 Å². The Morgan fingerprint density at radius 1 is 0.682 bits per heavy atom. The zero-order valence-electron chi connectivity index (χ0n) is 12.0. The lowest BCUT2D eigenvalue weighted by Crippen LogP contribution is -2.10. The highest BCUT2D eigenvalue weighted by molar-refractivity contribution is 5.78. The number of ether oxygens (including phenoxy) is 2. The van der Waals surface area contributed by atoms with Crippen molar-refractivity contribution in [3.05, 3.63) is 83.4 Å². The van der Waals surface area contributed by atoms with Gasteiger partial charge in [-0.15, -0.1) is 0 Å². The second-order valence-corrected chi connectivity index (χ2v) is 5.72. The van der Waals surface area contributed by atoms with E-state index in [0.29, 0.717) is 0 Å². The van der Waals surface area contributed by atoms with Crippen LogP contribution in [-0.2, 0) is 6.42 Å². The molecule has 106 valence electrons. The van der Waals surface area contributed by atoms with Gasteiger partial charge in [0.05, 0.1) is 0 Å². The van der Waals surface area contributed by atoms with Crippen LogP contribution >= 0.6 is 0 Å². The minimum Gasteiger partial charge on any atom is -0.447 e. The number of hydrogen-bond donors (Lipinski definition) is 0. The lowest BCUT2D eigenvalue weighted by atomic mass is 10.0. The van der Waals surface area contributed by atoms with E-state index in [9.17, 15) is 0 Å². The van der Waals surface area contributed by atoms with Crippen LogP contribution in [0.3, 0.4) is 0 Å². The van der Waals surface area contributed by atoms with Crippen molar-refractivity contribution in [2.75, 3.05) is 0 Å². The van der Waals surface area contributed by atoms with Gasteiger partial charge in [-0.05, 0) is 40.8 Å². The van der Waals surface area contributed by atoms with Gasteiger partial charge in [0.25, 0.3) is 6.29 Å². The summed E-state index contributed by atoms with van der Waals surface area (Å²) in [4.78, 5) is 0. The van der Waals surface area contributed by atoms with Crippen molar-refractivity contribution in [3.63, 3.8) is 0 Å². The van der Waals surface area contributed by atoms with Crippen LogP contribution in [0.4, 0.5) is 0 Å². The second-order valence-electron chi connectivity index (χ2n) is 5.72. The minimum absolute atomic E-state index is 0.346. The van der Waals surface area contributed by atoms with E-state index >= 15 is 0 Å². The molecule has 2 heteroatoms. The highest BCUT2D eigenvalue weighted by Gasteiger charge is 2.30. The molecule has 0 spiro atoms. The number of hydrogen-bond acceptors (Lipinski definition) is 2. The topological polar surface area (TPSA) is 18.5 Å². The van der Waals surface area contributed by atoms with Crippen LogP contribution in [0.2, 0.25) is 0 Å². The molecule has 2 aliphatic rings. The Morgan fingerprint density at radius 3 is 2.18 bits per heavy atom. The van der Waals surface area contributed by atoms with Gasteiger partial charge in [0, 0.05) is 5.56 Å². The molecule has 0 unspecified atom stereocenters. The van der Waals surface area contributed by atoms with Gasteiger partial charge in [-0.25, -0.2) is 0 Å². The normalized spacial score (nSPS) is 14.7. The predicted molar refractivity (Wildman–Crippen MR) is 85.1 cm³/mol. The molecule has 5 rings (SSSR count). The summed E-state index contributed by atoms with van der Waals surface area (Å²) in [5.41, 5.74) is 6.46. The lowest BCUT2D eigenvalue weighted by Gasteiger charge is -2.14. The Bertz CT molecular complexity index is 857. The van der Waals surface area contributed by atoms with Crippen LogP contribution in [0.1, 0.15) is 23.0 Å². The standard InChI is InChI=1S/C20H14O2/c1-2-7-14-13(6-1)12-17-15(14)8-5-9-16(17)20-21-18-10-3-4-11-19(18)22-20/h1-11,20H,12H2. The molecule has 0 saturated carbocycles. The molecule has 3 aromatic carbocycles. The van der Waals surface area contributed by atoms with Crippen LogP contribution in [0.15, 0.2) is 66.7 Å². The average Bonchev–Trinajstić information content (AvgIpc) is 3.15. The molecule has 2 nitrogen and oxygen atoms in total. The highest BCUT2D eigenvalue weighted by atomic mass is 16.7. The van der Waals surface area contributed by atoms with Crippen molar-refractivity contribution in [2.24, 2.45) is 0 Å². The molecule has 0 aromatic heterocycles. The maximum absolute atomic E-state index is 5.99. The molecule has 1 aliphatic carbocycles. The maximum Gasteiger partial charge on any atom is 0.268 e. The smallest absolute Gasteiger partial charge is 0.268 e. The van der Waals surface area contributed by atoms with Crippen LogP contribution in [0, 0.1) is 0 Å². The second kappa shape index (κ2) is 4.38. The van der Waals surface area contributed by atoms with Crippen LogP contribution in [-0.4, -0.2) is 0 Å². The summed E-state index contributed by atoms with van der Waals surface area (Å²) in [6.07, 6.45) is 0.600. The van der Waals surface area contributed by atoms with Gasteiger partial charge in [0.1, 0.15) is 0 Å². The summed E-state index contributed by atoms with van der Waals surface area (Å²) in [5.74, 6) is 1.64. The van der Waals surface area contributed by atoms with Crippen molar-refractivity contribution < 1.29 is 9.47 Å². The molecule has 0 amide bonds. The number of rotatable bonds is 1. The van der Waals surface area contributed by atoms with Gasteiger partial charge in [0.15, 0.2) is 11.5 Å². The van der Waals surface area contributed by atoms with Crippen LogP contribution in [0.25, 0.3) is 11.1 Å².